The summed E-state index contributed by atoms with van der Waals surface area (Å²) in [5.74, 6) is 0.0967. The van der Waals surface area contributed by atoms with Crippen molar-refractivity contribution in [2.24, 2.45) is 15.6 Å². The number of unbranched alkanes of at least 4 members (excludes halogenated alkanes) is 3. The van der Waals surface area contributed by atoms with Gasteiger partial charge in [0.05, 0.1) is 12.1 Å². The Bertz CT molecular complexity index is 1340. The van der Waals surface area contributed by atoms with Crippen molar-refractivity contribution in [1.82, 2.24) is 20.2 Å². The second kappa shape index (κ2) is 10.2. The molecule has 1 aliphatic carbocycles. The zero-order valence-electron chi connectivity index (χ0n) is 23.6. The lowest BCUT2D eigenvalue weighted by molar-refractivity contribution is -0.142. The highest BCUT2D eigenvalue weighted by Gasteiger charge is 2.65. The number of nitrogens with zero attached hydrogens (tertiary/aromatic N) is 5. The third-order valence-corrected chi connectivity index (χ3v) is 8.73. The van der Waals surface area contributed by atoms with E-state index in [-0.39, 0.29) is 35.5 Å². The Hall–Kier alpha value is -3.49. The quantitative estimate of drug-likeness (QED) is 0.429. The molecule has 3 aliphatic rings. The summed E-state index contributed by atoms with van der Waals surface area (Å²) in [6.45, 7) is 10.1. The van der Waals surface area contributed by atoms with Gasteiger partial charge in [0, 0.05) is 36.1 Å². The molecule has 1 saturated heterocycles. The molecule has 1 aromatic heterocycles. The molecule has 0 bridgehead atoms. The van der Waals surface area contributed by atoms with Gasteiger partial charge in [-0.2, -0.15) is 10.2 Å². The van der Waals surface area contributed by atoms with Crippen molar-refractivity contribution in [2.45, 2.75) is 97.2 Å². The van der Waals surface area contributed by atoms with Gasteiger partial charge in [-0.05, 0) is 68.7 Å². The van der Waals surface area contributed by atoms with Crippen molar-refractivity contribution >= 4 is 23.3 Å². The van der Waals surface area contributed by atoms with Gasteiger partial charge in [0.25, 0.3) is 0 Å². The van der Waals surface area contributed by atoms with Crippen molar-refractivity contribution in [1.29, 1.82) is 0 Å². The van der Waals surface area contributed by atoms with E-state index in [9.17, 15) is 14.4 Å². The van der Waals surface area contributed by atoms with Crippen LogP contribution in [0.5, 0.6) is 0 Å². The van der Waals surface area contributed by atoms with Crippen LogP contribution in [0.25, 0.3) is 11.1 Å². The number of aryl methyl sites for hydroxylation is 2. The third-order valence-electron chi connectivity index (χ3n) is 8.73. The number of hydrogen-bond acceptors (Lipinski definition) is 7. The molecule has 2 amide bonds. The zero-order chi connectivity index (χ0) is 27.9. The molecule has 1 N–H and O–H groups in total. The van der Waals surface area contributed by atoms with Gasteiger partial charge in [0.1, 0.15) is 11.9 Å². The van der Waals surface area contributed by atoms with E-state index in [1.165, 1.54) is 6.92 Å². The molecular weight excluding hydrogens is 492 g/mol. The van der Waals surface area contributed by atoms with Crippen molar-refractivity contribution in [2.75, 3.05) is 6.54 Å². The predicted molar refractivity (Wildman–Crippen MR) is 147 cm³/mol. The van der Waals surface area contributed by atoms with Crippen LogP contribution in [-0.4, -0.2) is 51.1 Å². The monoisotopic (exact) mass is 530 g/mol. The first kappa shape index (κ1) is 27.1. The van der Waals surface area contributed by atoms with Crippen LogP contribution >= 0.6 is 0 Å². The van der Waals surface area contributed by atoms with Gasteiger partial charge < -0.3 is 10.2 Å². The SMILES string of the molecule is CCCCCCNC(=O)[C@@H]1C[C@@]2(C)C[C@H]2N1C(=O)CC1(C(C)=O)N=Nc2c(C)cc(-c3cnc(C)nc3)cc21. The molecule has 1 aromatic carbocycles. The number of ketones is 1. The maximum Gasteiger partial charge on any atom is 0.242 e. The summed E-state index contributed by atoms with van der Waals surface area (Å²) in [6, 6.07) is 3.35. The number of aromatic nitrogens is 2. The summed E-state index contributed by atoms with van der Waals surface area (Å²) in [5, 5.41) is 11.9. The van der Waals surface area contributed by atoms with E-state index in [4.69, 9.17) is 0 Å². The van der Waals surface area contributed by atoms with E-state index >= 15 is 0 Å². The zero-order valence-corrected chi connectivity index (χ0v) is 23.6. The average molecular weight is 531 g/mol. The van der Waals surface area contributed by atoms with E-state index in [1.807, 2.05) is 26.0 Å². The largest absolute Gasteiger partial charge is 0.354 e. The Morgan fingerprint density at radius 1 is 1.05 bits per heavy atom. The molecule has 2 fully saturated rings. The number of likely N-dealkylation sites (tertiary alicyclic amines) is 1. The van der Waals surface area contributed by atoms with Crippen molar-refractivity contribution in [3.8, 4) is 11.1 Å². The maximum absolute atomic E-state index is 14.0. The number of benzene rings is 1. The summed E-state index contributed by atoms with van der Waals surface area (Å²) >= 11 is 0. The highest BCUT2D eigenvalue weighted by Crippen LogP contribution is 2.60. The molecule has 9 nitrogen and oxygen atoms in total. The average Bonchev–Trinajstić information content (AvgIpc) is 3.25. The smallest absolute Gasteiger partial charge is 0.242 e. The van der Waals surface area contributed by atoms with Crippen molar-refractivity contribution in [3.05, 3.63) is 41.5 Å². The molecule has 0 radical (unpaired) electrons. The minimum Gasteiger partial charge on any atom is -0.354 e. The van der Waals surface area contributed by atoms with Crippen LogP contribution in [0.4, 0.5) is 5.69 Å². The Kier molecular flexibility index (Phi) is 7.11. The number of fused-ring (bicyclic) bond motifs is 2. The van der Waals surface area contributed by atoms with E-state index in [0.29, 0.717) is 30.0 Å². The van der Waals surface area contributed by atoms with Gasteiger partial charge in [0.2, 0.25) is 11.8 Å². The fraction of sp³-hybridized carbons (Fsp3) is 0.567. The lowest BCUT2D eigenvalue weighted by Gasteiger charge is -2.30. The minimum absolute atomic E-state index is 0.0143. The molecule has 3 heterocycles. The molecule has 2 aromatic rings. The minimum atomic E-state index is -1.42. The fourth-order valence-corrected chi connectivity index (χ4v) is 6.19. The molecule has 0 spiro atoms. The molecule has 1 saturated carbocycles. The van der Waals surface area contributed by atoms with Crippen LogP contribution in [-0.2, 0) is 19.9 Å². The first-order valence-corrected chi connectivity index (χ1v) is 14.1. The number of hydrogen-bond donors (Lipinski definition) is 1. The molecule has 1 unspecified atom stereocenters. The topological polar surface area (TPSA) is 117 Å². The standard InChI is InChI=1S/C30H38N6O3/c1-6-7-8-9-10-31-28(39)24-13-29(5)14-25(29)36(24)26(38)15-30(19(3)37)23-12-21(11-18(2)27(23)34-35-30)22-16-32-20(4)33-17-22/h11-12,16-17,24-25H,6-10,13-15H2,1-5H3,(H,31,39)/t24-,25+,29-,30?/m0/s1. The van der Waals surface area contributed by atoms with Gasteiger partial charge in [-0.15, -0.1) is 0 Å². The number of piperidine rings is 1. The predicted octanol–water partition coefficient (Wildman–Crippen LogP) is 5.11. The lowest BCUT2D eigenvalue weighted by atomic mass is 9.81. The number of carbonyl (C=O) groups excluding carboxylic acids is 3. The van der Waals surface area contributed by atoms with Gasteiger partial charge >= 0.3 is 0 Å². The fourth-order valence-electron chi connectivity index (χ4n) is 6.19. The van der Waals surface area contributed by atoms with Gasteiger partial charge in [0.15, 0.2) is 11.3 Å². The number of carbonyl (C=O) groups is 3. The van der Waals surface area contributed by atoms with Crippen LogP contribution in [0.15, 0.2) is 34.8 Å². The van der Waals surface area contributed by atoms with Crippen LogP contribution in [0, 0.1) is 19.3 Å². The van der Waals surface area contributed by atoms with E-state index in [2.05, 4.69) is 39.4 Å². The summed E-state index contributed by atoms with van der Waals surface area (Å²) < 4.78 is 0. The van der Waals surface area contributed by atoms with Crippen LogP contribution < -0.4 is 5.32 Å². The first-order chi connectivity index (χ1) is 18.6. The molecule has 9 heteroatoms. The molecule has 2 aliphatic heterocycles. The molecule has 206 valence electrons. The summed E-state index contributed by atoms with van der Waals surface area (Å²) in [6.07, 6.45) is 9.15. The summed E-state index contributed by atoms with van der Waals surface area (Å²) in [4.78, 5) is 50.8. The molecule has 4 atom stereocenters. The maximum atomic E-state index is 14.0. The molecule has 39 heavy (non-hydrogen) atoms. The van der Waals surface area contributed by atoms with Crippen molar-refractivity contribution < 1.29 is 14.4 Å². The Balaban J connectivity index is 1.41. The van der Waals surface area contributed by atoms with Crippen LogP contribution in [0.3, 0.4) is 0 Å². The number of rotatable bonds is 10. The summed E-state index contributed by atoms with van der Waals surface area (Å²) in [5.41, 5.74) is 2.28. The third kappa shape index (κ3) is 4.87. The van der Waals surface area contributed by atoms with Gasteiger partial charge in [-0.3, -0.25) is 14.4 Å². The Morgan fingerprint density at radius 2 is 1.79 bits per heavy atom. The Labute approximate surface area is 229 Å². The number of amides is 2. The van der Waals surface area contributed by atoms with Gasteiger partial charge in [-0.25, -0.2) is 9.97 Å². The number of Topliss-reactive ketones (excluding diaryl/α,β-unsaturated/α-hetero) is 1. The first-order valence-electron chi connectivity index (χ1n) is 14.1. The second-order valence-electron chi connectivity index (χ2n) is 11.7. The highest BCUT2D eigenvalue weighted by atomic mass is 16.2. The van der Waals surface area contributed by atoms with E-state index in [0.717, 1.165) is 48.8 Å². The van der Waals surface area contributed by atoms with Crippen LogP contribution in [0.2, 0.25) is 0 Å². The van der Waals surface area contributed by atoms with Crippen LogP contribution in [0.1, 0.15) is 82.7 Å². The Morgan fingerprint density at radius 3 is 2.49 bits per heavy atom. The molecular formula is C30H38N6O3. The van der Waals surface area contributed by atoms with Crippen molar-refractivity contribution in [3.63, 3.8) is 0 Å². The van der Waals surface area contributed by atoms with Gasteiger partial charge in [-0.1, -0.05) is 33.1 Å². The molecule has 5 rings (SSSR count). The number of azo groups is 1. The number of nitrogens with one attached hydrogen (secondary N) is 1. The second-order valence-corrected chi connectivity index (χ2v) is 11.7. The van der Waals surface area contributed by atoms with E-state index < -0.39 is 11.6 Å². The summed E-state index contributed by atoms with van der Waals surface area (Å²) in [7, 11) is 0. The van der Waals surface area contributed by atoms with E-state index in [1.54, 1.807) is 17.3 Å². The normalized spacial score (nSPS) is 26.3. The lowest BCUT2D eigenvalue weighted by Crippen LogP contribution is -2.50. The highest BCUT2D eigenvalue weighted by molar-refractivity contribution is 5.98.